The van der Waals surface area contributed by atoms with E-state index in [1.54, 1.807) is 11.0 Å². The molecule has 1 aromatic carbocycles. The molecule has 1 atom stereocenters. The van der Waals surface area contributed by atoms with Gasteiger partial charge in [-0.3, -0.25) is 14.5 Å². The van der Waals surface area contributed by atoms with Gasteiger partial charge in [-0.15, -0.1) is 0 Å². The second-order valence-electron chi connectivity index (χ2n) is 7.66. The van der Waals surface area contributed by atoms with Crippen LogP contribution in [0.4, 0.5) is 4.39 Å². The molecule has 3 rings (SSSR count). The monoisotopic (exact) mass is 362 g/mol. The van der Waals surface area contributed by atoms with Gasteiger partial charge >= 0.3 is 0 Å². The molecule has 2 amide bonds. The summed E-state index contributed by atoms with van der Waals surface area (Å²) in [6, 6.07) is 4.95. The average Bonchev–Trinajstić information content (AvgIpc) is 2.98. The predicted octanol–water partition coefficient (Wildman–Crippen LogP) is 3.10. The van der Waals surface area contributed by atoms with Crippen LogP contribution in [0, 0.1) is 11.7 Å². The highest BCUT2D eigenvalue weighted by Crippen LogP contribution is 2.41. The fraction of sp³-hybridized carbons (Fsp3) is 0.600. The number of nitrogens with one attached hydrogen (secondary N) is 1. The Hall–Kier alpha value is -1.95. The van der Waals surface area contributed by atoms with Gasteiger partial charge in [0.1, 0.15) is 17.6 Å². The maximum Gasteiger partial charge on any atom is 0.256 e. The molecule has 5 nitrogen and oxygen atoms in total. The smallest absolute Gasteiger partial charge is 0.256 e. The summed E-state index contributed by atoms with van der Waals surface area (Å²) in [6.07, 6.45) is 4.42. The van der Waals surface area contributed by atoms with E-state index in [1.165, 1.54) is 18.2 Å². The molecule has 0 bridgehead atoms. The highest BCUT2D eigenvalue weighted by atomic mass is 19.1. The highest BCUT2D eigenvalue weighted by Gasteiger charge is 2.52. The summed E-state index contributed by atoms with van der Waals surface area (Å²) in [7, 11) is 0. The van der Waals surface area contributed by atoms with Crippen molar-refractivity contribution in [3.05, 3.63) is 35.6 Å². The number of amides is 2. The lowest BCUT2D eigenvalue weighted by atomic mass is 9.89. The summed E-state index contributed by atoms with van der Waals surface area (Å²) in [5.74, 6) is -0.689. The lowest BCUT2D eigenvalue weighted by molar-refractivity contribution is -0.127. The Morgan fingerprint density at radius 2 is 2.04 bits per heavy atom. The molecule has 1 heterocycles. The summed E-state index contributed by atoms with van der Waals surface area (Å²) >= 11 is 0. The maximum atomic E-state index is 13.6. The van der Waals surface area contributed by atoms with Crippen molar-refractivity contribution in [1.82, 2.24) is 10.2 Å². The van der Waals surface area contributed by atoms with E-state index in [0.717, 1.165) is 19.3 Å². The molecule has 2 fully saturated rings. The van der Waals surface area contributed by atoms with Crippen LogP contribution in [0.5, 0.6) is 0 Å². The highest BCUT2D eigenvalue weighted by molar-refractivity contribution is 5.98. The number of ether oxygens (including phenoxy) is 1. The average molecular weight is 362 g/mol. The minimum atomic E-state index is -0.749. The maximum absolute atomic E-state index is 13.6. The Morgan fingerprint density at radius 3 is 2.69 bits per heavy atom. The Labute approximate surface area is 153 Å². The van der Waals surface area contributed by atoms with Crippen LogP contribution in [0.25, 0.3) is 0 Å². The molecule has 142 valence electrons. The van der Waals surface area contributed by atoms with Gasteiger partial charge in [-0.2, -0.15) is 0 Å². The van der Waals surface area contributed by atoms with E-state index < -0.39 is 17.6 Å². The summed E-state index contributed by atoms with van der Waals surface area (Å²) in [4.78, 5) is 27.5. The normalized spacial score (nSPS) is 22.0. The summed E-state index contributed by atoms with van der Waals surface area (Å²) in [5, 5.41) is 2.91. The number of carbonyl (C=O) groups excluding carboxylic acids is 2. The Bertz CT molecular complexity index is 671. The van der Waals surface area contributed by atoms with E-state index in [2.05, 4.69) is 5.32 Å². The molecule has 1 spiro atoms. The van der Waals surface area contributed by atoms with Gasteiger partial charge in [0.2, 0.25) is 5.91 Å². The first-order valence-electron chi connectivity index (χ1n) is 9.44. The SMILES string of the molecule is CC(C)CNC(=O)[C@@H]1COC2(CCCCC2)N1C(=O)c1cccc(F)c1. The molecule has 1 aliphatic heterocycles. The van der Waals surface area contributed by atoms with Crippen molar-refractivity contribution in [1.29, 1.82) is 0 Å². The fourth-order valence-electron chi connectivity index (χ4n) is 3.85. The first-order chi connectivity index (χ1) is 12.4. The lowest BCUT2D eigenvalue weighted by Gasteiger charge is -2.41. The minimum absolute atomic E-state index is 0.186. The van der Waals surface area contributed by atoms with Crippen molar-refractivity contribution in [2.75, 3.05) is 13.2 Å². The molecular weight excluding hydrogens is 335 g/mol. The quantitative estimate of drug-likeness (QED) is 0.895. The Kier molecular flexibility index (Phi) is 5.61. The van der Waals surface area contributed by atoms with Crippen LogP contribution in [-0.4, -0.2) is 41.6 Å². The number of halogens is 1. The van der Waals surface area contributed by atoms with Crippen molar-refractivity contribution in [3.8, 4) is 0 Å². The van der Waals surface area contributed by atoms with Crippen LogP contribution in [-0.2, 0) is 9.53 Å². The van der Waals surface area contributed by atoms with Gasteiger partial charge in [-0.05, 0) is 49.8 Å². The summed E-state index contributed by atoms with van der Waals surface area (Å²) in [6.45, 7) is 4.77. The van der Waals surface area contributed by atoms with E-state index in [4.69, 9.17) is 4.74 Å². The molecule has 26 heavy (non-hydrogen) atoms. The van der Waals surface area contributed by atoms with Gasteiger partial charge in [0.05, 0.1) is 6.61 Å². The van der Waals surface area contributed by atoms with Crippen LogP contribution < -0.4 is 5.32 Å². The Morgan fingerprint density at radius 1 is 1.31 bits per heavy atom. The predicted molar refractivity (Wildman–Crippen MR) is 96.0 cm³/mol. The van der Waals surface area contributed by atoms with Gasteiger partial charge in [0.15, 0.2) is 0 Å². The zero-order chi connectivity index (χ0) is 18.7. The summed E-state index contributed by atoms with van der Waals surface area (Å²) in [5.41, 5.74) is -0.497. The van der Waals surface area contributed by atoms with Crippen LogP contribution in [0.2, 0.25) is 0 Å². The summed E-state index contributed by atoms with van der Waals surface area (Å²) < 4.78 is 19.7. The van der Waals surface area contributed by atoms with E-state index in [9.17, 15) is 14.0 Å². The standard InChI is InChI=1S/C20H27FN2O3/c1-14(2)12-22-18(24)17-13-26-20(9-4-3-5-10-20)23(17)19(25)15-7-6-8-16(21)11-15/h6-8,11,14,17H,3-5,9-10,12-13H2,1-2H3,(H,22,24)/t17-/m0/s1. The molecule has 2 aliphatic rings. The van der Waals surface area contributed by atoms with Gasteiger partial charge < -0.3 is 10.1 Å². The van der Waals surface area contributed by atoms with Crippen molar-refractivity contribution >= 4 is 11.8 Å². The topological polar surface area (TPSA) is 58.6 Å². The van der Waals surface area contributed by atoms with Crippen LogP contribution in [0.15, 0.2) is 24.3 Å². The van der Waals surface area contributed by atoms with E-state index in [1.807, 2.05) is 13.8 Å². The third kappa shape index (κ3) is 3.75. The lowest BCUT2D eigenvalue weighted by Crippen LogP contribution is -2.56. The van der Waals surface area contributed by atoms with E-state index in [-0.39, 0.29) is 24.0 Å². The van der Waals surface area contributed by atoms with Crippen LogP contribution in [0.1, 0.15) is 56.3 Å². The molecule has 1 aromatic rings. The second kappa shape index (κ2) is 7.74. The molecule has 0 unspecified atom stereocenters. The number of carbonyl (C=O) groups is 2. The number of hydrogen-bond donors (Lipinski definition) is 1. The van der Waals surface area contributed by atoms with E-state index >= 15 is 0 Å². The van der Waals surface area contributed by atoms with Gasteiger partial charge in [0, 0.05) is 12.1 Å². The van der Waals surface area contributed by atoms with E-state index in [0.29, 0.717) is 25.3 Å². The fourth-order valence-corrected chi connectivity index (χ4v) is 3.85. The molecule has 1 N–H and O–H groups in total. The van der Waals surface area contributed by atoms with Crippen LogP contribution in [0.3, 0.4) is 0 Å². The molecular formula is C20H27FN2O3. The first-order valence-corrected chi connectivity index (χ1v) is 9.44. The molecule has 0 aromatic heterocycles. The zero-order valence-corrected chi connectivity index (χ0v) is 15.5. The van der Waals surface area contributed by atoms with Crippen molar-refractivity contribution < 1.29 is 18.7 Å². The Balaban J connectivity index is 1.89. The molecule has 1 aliphatic carbocycles. The van der Waals surface area contributed by atoms with Crippen LogP contribution >= 0.6 is 0 Å². The van der Waals surface area contributed by atoms with Crippen molar-refractivity contribution in [3.63, 3.8) is 0 Å². The van der Waals surface area contributed by atoms with Crippen molar-refractivity contribution in [2.24, 2.45) is 5.92 Å². The largest absolute Gasteiger partial charge is 0.354 e. The first kappa shape index (κ1) is 18.8. The number of hydrogen-bond acceptors (Lipinski definition) is 3. The third-order valence-electron chi connectivity index (χ3n) is 5.17. The zero-order valence-electron chi connectivity index (χ0n) is 15.5. The third-order valence-corrected chi connectivity index (χ3v) is 5.17. The number of benzene rings is 1. The van der Waals surface area contributed by atoms with Gasteiger partial charge in [0.25, 0.3) is 5.91 Å². The number of nitrogens with zero attached hydrogens (tertiary/aromatic N) is 1. The molecule has 0 radical (unpaired) electrons. The van der Waals surface area contributed by atoms with Gasteiger partial charge in [-0.1, -0.05) is 26.3 Å². The molecule has 1 saturated heterocycles. The minimum Gasteiger partial charge on any atom is -0.354 e. The second-order valence-corrected chi connectivity index (χ2v) is 7.66. The number of rotatable bonds is 4. The molecule has 6 heteroatoms. The van der Waals surface area contributed by atoms with Crippen molar-refractivity contribution in [2.45, 2.75) is 57.7 Å². The molecule has 1 saturated carbocycles. The van der Waals surface area contributed by atoms with Gasteiger partial charge in [-0.25, -0.2) is 4.39 Å².